The predicted octanol–water partition coefficient (Wildman–Crippen LogP) is 7.17. The van der Waals surface area contributed by atoms with Gasteiger partial charge in [-0.05, 0) is 60.1 Å². The van der Waals surface area contributed by atoms with Gasteiger partial charge in [-0.15, -0.1) is 0 Å². The maximum atomic E-state index is 12.8. The molecule has 0 aliphatic rings. The van der Waals surface area contributed by atoms with E-state index in [0.717, 1.165) is 16.6 Å². The van der Waals surface area contributed by atoms with Crippen LogP contribution < -0.4 is 0 Å². The fraction of sp³-hybridized carbons (Fsp3) is 0.200. The number of halogens is 3. The molecule has 0 saturated heterocycles. The number of imidazole rings is 1. The molecule has 0 fully saturated rings. The average molecular weight is 503 g/mol. The summed E-state index contributed by atoms with van der Waals surface area (Å²) in [6.45, 7) is 2.61. The molecular formula is C25H21F3N2O2S2. The molecule has 0 amide bonds. The van der Waals surface area contributed by atoms with Crippen molar-refractivity contribution in [1.82, 2.24) is 9.55 Å². The number of ether oxygens (including phenoxy) is 1. The highest BCUT2D eigenvalue weighted by molar-refractivity contribution is 8.00. The Morgan fingerprint density at radius 3 is 2.50 bits per heavy atom. The minimum Gasteiger partial charge on any atom is -0.462 e. The van der Waals surface area contributed by atoms with Gasteiger partial charge in [0.05, 0.1) is 29.7 Å². The summed E-state index contributed by atoms with van der Waals surface area (Å²) in [7, 11) is 0. The molecule has 9 heteroatoms. The topological polar surface area (TPSA) is 44.1 Å². The van der Waals surface area contributed by atoms with Crippen molar-refractivity contribution in [3.05, 3.63) is 89.5 Å². The molecule has 4 nitrogen and oxygen atoms in total. The number of carbonyl (C=O) groups excluding carboxylic acids is 1. The molecular weight excluding hydrogens is 481 g/mol. The normalized spacial score (nSPS) is 11.6. The summed E-state index contributed by atoms with van der Waals surface area (Å²) in [6.07, 6.45) is 0. The van der Waals surface area contributed by atoms with E-state index in [1.165, 1.54) is 17.8 Å². The molecule has 0 N–H and O–H groups in total. The van der Waals surface area contributed by atoms with Crippen molar-refractivity contribution >= 4 is 40.5 Å². The lowest BCUT2D eigenvalue weighted by Crippen LogP contribution is -2.04. The van der Waals surface area contributed by atoms with Crippen LogP contribution in [0.15, 0.2) is 82.8 Å². The molecule has 4 rings (SSSR count). The number of fused-ring (bicyclic) bond motifs is 1. The first-order valence-electron chi connectivity index (χ1n) is 10.5. The molecule has 0 aliphatic carbocycles. The molecule has 4 aromatic rings. The summed E-state index contributed by atoms with van der Waals surface area (Å²) in [5, 5.41) is 0.716. The molecule has 0 bridgehead atoms. The molecule has 3 aromatic carbocycles. The number of hydrogen-bond donors (Lipinski definition) is 0. The molecule has 0 radical (unpaired) electrons. The zero-order chi connectivity index (χ0) is 24.1. The van der Waals surface area contributed by atoms with Gasteiger partial charge in [0.15, 0.2) is 5.16 Å². The SMILES string of the molecule is CCOC(=O)c1ccc2c(c1)nc(SCc1cccc(SC(F)(F)F)c1)n2Cc1ccccc1. The predicted molar refractivity (Wildman–Crippen MR) is 129 cm³/mol. The second-order valence-corrected chi connectivity index (χ2v) is 9.45. The number of thioether (sulfide) groups is 2. The molecule has 0 spiro atoms. The van der Waals surface area contributed by atoms with E-state index in [-0.39, 0.29) is 23.3 Å². The van der Waals surface area contributed by atoms with E-state index in [0.29, 0.717) is 28.5 Å². The number of esters is 1. The Labute approximate surface area is 203 Å². The van der Waals surface area contributed by atoms with E-state index in [1.807, 2.05) is 36.4 Å². The average Bonchev–Trinajstić information content (AvgIpc) is 3.14. The smallest absolute Gasteiger partial charge is 0.446 e. The van der Waals surface area contributed by atoms with Crippen LogP contribution in [0.3, 0.4) is 0 Å². The summed E-state index contributed by atoms with van der Waals surface area (Å²) < 4.78 is 45.4. The molecule has 0 saturated carbocycles. The van der Waals surface area contributed by atoms with Crippen LogP contribution in [0.4, 0.5) is 13.2 Å². The summed E-state index contributed by atoms with van der Waals surface area (Å²) in [4.78, 5) is 17.1. The summed E-state index contributed by atoms with van der Waals surface area (Å²) in [5.41, 5.74) is -0.531. The number of benzene rings is 3. The Bertz CT molecular complexity index is 1290. The van der Waals surface area contributed by atoms with E-state index in [2.05, 4.69) is 4.57 Å². The first kappa shape index (κ1) is 24.2. The molecule has 0 unspecified atom stereocenters. The minimum absolute atomic E-state index is 0.120. The van der Waals surface area contributed by atoms with Crippen molar-refractivity contribution in [3.8, 4) is 0 Å². The van der Waals surface area contributed by atoms with Crippen LogP contribution in [-0.2, 0) is 17.0 Å². The standard InChI is InChI=1S/C25H21F3N2O2S2/c1-2-32-23(31)19-11-12-22-21(14-19)29-24(30(22)15-17-7-4-3-5-8-17)33-16-18-9-6-10-20(13-18)34-25(26,27)28/h3-14H,2,15-16H2,1H3. The van der Waals surface area contributed by atoms with Crippen molar-refractivity contribution in [2.75, 3.05) is 6.61 Å². The van der Waals surface area contributed by atoms with E-state index < -0.39 is 11.5 Å². The number of rotatable bonds is 8. The Morgan fingerprint density at radius 1 is 1.00 bits per heavy atom. The van der Waals surface area contributed by atoms with Gasteiger partial charge in [0.2, 0.25) is 0 Å². The lowest BCUT2D eigenvalue weighted by atomic mass is 10.2. The lowest BCUT2D eigenvalue weighted by Gasteiger charge is -2.10. The van der Waals surface area contributed by atoms with Crippen LogP contribution >= 0.6 is 23.5 Å². The molecule has 176 valence electrons. The van der Waals surface area contributed by atoms with Gasteiger partial charge < -0.3 is 9.30 Å². The third-order valence-electron chi connectivity index (χ3n) is 4.91. The van der Waals surface area contributed by atoms with Gasteiger partial charge in [-0.3, -0.25) is 0 Å². The zero-order valence-corrected chi connectivity index (χ0v) is 19.8. The maximum absolute atomic E-state index is 12.8. The van der Waals surface area contributed by atoms with Crippen LogP contribution in [0, 0.1) is 0 Å². The third kappa shape index (κ3) is 6.15. The fourth-order valence-corrected chi connectivity index (χ4v) is 5.04. The maximum Gasteiger partial charge on any atom is 0.446 e. The van der Waals surface area contributed by atoms with Crippen LogP contribution in [0.1, 0.15) is 28.4 Å². The summed E-state index contributed by atoms with van der Waals surface area (Å²) >= 11 is 1.32. The van der Waals surface area contributed by atoms with Gasteiger partial charge in [-0.25, -0.2) is 9.78 Å². The van der Waals surface area contributed by atoms with Gasteiger partial charge in [0.1, 0.15) is 0 Å². The molecule has 1 heterocycles. The molecule has 0 aliphatic heterocycles. The van der Waals surface area contributed by atoms with E-state index in [1.54, 1.807) is 37.3 Å². The largest absolute Gasteiger partial charge is 0.462 e. The Kier molecular flexibility index (Phi) is 7.53. The second-order valence-electron chi connectivity index (χ2n) is 7.37. The number of hydrogen-bond acceptors (Lipinski definition) is 5. The van der Waals surface area contributed by atoms with Gasteiger partial charge in [0, 0.05) is 10.6 Å². The highest BCUT2D eigenvalue weighted by Crippen LogP contribution is 2.37. The minimum atomic E-state index is -4.33. The van der Waals surface area contributed by atoms with Gasteiger partial charge in [-0.2, -0.15) is 13.2 Å². The van der Waals surface area contributed by atoms with Crippen molar-refractivity contribution < 1.29 is 22.7 Å². The van der Waals surface area contributed by atoms with Crippen molar-refractivity contribution in [2.24, 2.45) is 0 Å². The highest BCUT2D eigenvalue weighted by Gasteiger charge is 2.29. The Hall–Kier alpha value is -2.91. The van der Waals surface area contributed by atoms with E-state index in [4.69, 9.17) is 9.72 Å². The van der Waals surface area contributed by atoms with Gasteiger partial charge >= 0.3 is 11.5 Å². The Balaban J connectivity index is 1.64. The second kappa shape index (κ2) is 10.6. The first-order chi connectivity index (χ1) is 16.3. The van der Waals surface area contributed by atoms with Crippen molar-refractivity contribution in [3.63, 3.8) is 0 Å². The molecule has 0 atom stereocenters. The van der Waals surface area contributed by atoms with Crippen LogP contribution in [0.5, 0.6) is 0 Å². The fourth-order valence-electron chi connectivity index (χ4n) is 3.46. The van der Waals surface area contributed by atoms with Crippen molar-refractivity contribution in [2.45, 2.75) is 34.8 Å². The summed E-state index contributed by atoms with van der Waals surface area (Å²) in [6, 6.07) is 21.6. The number of nitrogens with zero attached hydrogens (tertiary/aromatic N) is 2. The quantitative estimate of drug-likeness (QED) is 0.189. The van der Waals surface area contributed by atoms with Crippen LogP contribution in [-0.4, -0.2) is 27.6 Å². The van der Waals surface area contributed by atoms with E-state index in [9.17, 15) is 18.0 Å². The van der Waals surface area contributed by atoms with Gasteiger partial charge in [-0.1, -0.05) is 54.2 Å². The Morgan fingerprint density at radius 2 is 1.76 bits per heavy atom. The lowest BCUT2D eigenvalue weighted by molar-refractivity contribution is -0.0328. The number of carbonyl (C=O) groups is 1. The van der Waals surface area contributed by atoms with Crippen molar-refractivity contribution in [1.29, 1.82) is 0 Å². The number of aromatic nitrogens is 2. The molecule has 1 aromatic heterocycles. The summed E-state index contributed by atoms with van der Waals surface area (Å²) in [5.74, 6) is 0.0462. The van der Waals surface area contributed by atoms with Crippen LogP contribution in [0.2, 0.25) is 0 Å². The molecule has 34 heavy (non-hydrogen) atoms. The van der Waals surface area contributed by atoms with Crippen LogP contribution in [0.25, 0.3) is 11.0 Å². The number of alkyl halides is 3. The monoisotopic (exact) mass is 502 g/mol. The first-order valence-corrected chi connectivity index (χ1v) is 12.3. The van der Waals surface area contributed by atoms with E-state index >= 15 is 0 Å². The zero-order valence-electron chi connectivity index (χ0n) is 18.2. The third-order valence-corrected chi connectivity index (χ3v) is 6.68. The van der Waals surface area contributed by atoms with Gasteiger partial charge in [0.25, 0.3) is 0 Å². The highest BCUT2D eigenvalue weighted by atomic mass is 32.2.